The number of rotatable bonds is 2. The SMILES string of the molecule is Cc1ccc(C(Br)C(C)C(C)(C)C)cc1. The largest absolute Gasteiger partial charge is 0.0836 e. The molecule has 1 heteroatoms. The summed E-state index contributed by atoms with van der Waals surface area (Å²) in [5.74, 6) is 0.611. The predicted molar refractivity (Wildman–Crippen MR) is 71.5 cm³/mol. The van der Waals surface area contributed by atoms with Crippen molar-refractivity contribution in [1.29, 1.82) is 0 Å². The van der Waals surface area contributed by atoms with Crippen molar-refractivity contribution in [2.24, 2.45) is 11.3 Å². The van der Waals surface area contributed by atoms with Crippen molar-refractivity contribution < 1.29 is 0 Å². The summed E-state index contributed by atoms with van der Waals surface area (Å²) < 4.78 is 0. The number of hydrogen-bond acceptors (Lipinski definition) is 0. The lowest BCUT2D eigenvalue weighted by molar-refractivity contribution is 0.258. The monoisotopic (exact) mass is 268 g/mol. The Bertz CT molecular complexity index is 305. The zero-order valence-electron chi connectivity index (χ0n) is 10.3. The molecule has 84 valence electrons. The van der Waals surface area contributed by atoms with Crippen molar-refractivity contribution >= 4 is 15.9 Å². The lowest BCUT2D eigenvalue weighted by Gasteiger charge is -2.31. The predicted octanol–water partition coefficient (Wildman–Crippen LogP) is 5.11. The first kappa shape index (κ1) is 12.8. The van der Waals surface area contributed by atoms with Crippen molar-refractivity contribution in [3.63, 3.8) is 0 Å². The first-order valence-electron chi connectivity index (χ1n) is 5.53. The maximum Gasteiger partial charge on any atom is 0.0425 e. The van der Waals surface area contributed by atoms with Crippen LogP contribution in [0, 0.1) is 18.3 Å². The van der Waals surface area contributed by atoms with Gasteiger partial charge in [0.15, 0.2) is 0 Å². The molecule has 0 heterocycles. The second-order valence-corrected chi connectivity index (χ2v) is 6.45. The van der Waals surface area contributed by atoms with Gasteiger partial charge < -0.3 is 0 Å². The first-order chi connectivity index (χ1) is 6.82. The summed E-state index contributed by atoms with van der Waals surface area (Å²) in [5, 5.41) is 0. The molecule has 0 aliphatic heterocycles. The number of benzene rings is 1. The van der Waals surface area contributed by atoms with Gasteiger partial charge in [0.2, 0.25) is 0 Å². The van der Waals surface area contributed by atoms with Crippen LogP contribution in [0.4, 0.5) is 0 Å². The lowest BCUT2D eigenvalue weighted by Crippen LogP contribution is -2.21. The third kappa shape index (κ3) is 3.34. The van der Waals surface area contributed by atoms with Gasteiger partial charge in [-0.2, -0.15) is 0 Å². The fourth-order valence-electron chi connectivity index (χ4n) is 1.48. The number of hydrogen-bond donors (Lipinski definition) is 0. The van der Waals surface area contributed by atoms with Crippen LogP contribution in [-0.4, -0.2) is 0 Å². The zero-order chi connectivity index (χ0) is 11.6. The Hall–Kier alpha value is -0.300. The van der Waals surface area contributed by atoms with E-state index in [0.29, 0.717) is 16.2 Å². The minimum atomic E-state index is 0.332. The highest BCUT2D eigenvalue weighted by Gasteiger charge is 2.27. The molecular weight excluding hydrogens is 248 g/mol. The summed E-state index contributed by atoms with van der Waals surface area (Å²) in [4.78, 5) is 0.443. The van der Waals surface area contributed by atoms with Crippen molar-refractivity contribution in [2.45, 2.75) is 39.4 Å². The molecule has 0 amide bonds. The molecule has 0 saturated carbocycles. The zero-order valence-corrected chi connectivity index (χ0v) is 11.9. The van der Waals surface area contributed by atoms with Gasteiger partial charge >= 0.3 is 0 Å². The third-order valence-electron chi connectivity index (χ3n) is 3.20. The Morgan fingerprint density at radius 3 is 1.93 bits per heavy atom. The van der Waals surface area contributed by atoms with Crippen molar-refractivity contribution in [1.82, 2.24) is 0 Å². The van der Waals surface area contributed by atoms with Gasteiger partial charge in [-0.15, -0.1) is 0 Å². The standard InChI is InChI=1S/C14H21Br/c1-10-6-8-12(9-7-10)13(15)11(2)14(3,4)5/h6-9,11,13H,1-5H3. The minimum Gasteiger partial charge on any atom is -0.0836 e. The molecule has 0 aromatic heterocycles. The minimum absolute atomic E-state index is 0.332. The summed E-state index contributed by atoms with van der Waals surface area (Å²) in [6, 6.07) is 8.80. The molecule has 0 aliphatic rings. The second-order valence-electron chi connectivity index (χ2n) is 5.47. The fourth-order valence-corrected chi connectivity index (χ4v) is 2.58. The Kier molecular flexibility index (Phi) is 3.99. The molecule has 0 N–H and O–H groups in total. The maximum atomic E-state index is 3.81. The van der Waals surface area contributed by atoms with Crippen molar-refractivity contribution in [3.05, 3.63) is 35.4 Å². The summed E-state index contributed by atoms with van der Waals surface area (Å²) >= 11 is 3.81. The molecule has 1 aromatic rings. The van der Waals surface area contributed by atoms with Gasteiger partial charge in [-0.05, 0) is 23.8 Å². The number of halogens is 1. The van der Waals surface area contributed by atoms with E-state index < -0.39 is 0 Å². The average Bonchev–Trinajstić information content (AvgIpc) is 2.15. The van der Waals surface area contributed by atoms with E-state index in [0.717, 1.165) is 0 Å². The van der Waals surface area contributed by atoms with Crippen LogP contribution in [-0.2, 0) is 0 Å². The average molecular weight is 269 g/mol. The molecule has 1 aromatic carbocycles. The quantitative estimate of drug-likeness (QED) is 0.654. The second kappa shape index (κ2) is 4.69. The van der Waals surface area contributed by atoms with Gasteiger partial charge in [0.05, 0.1) is 0 Å². The Labute approximate surface area is 102 Å². The topological polar surface area (TPSA) is 0 Å². The highest BCUT2D eigenvalue weighted by molar-refractivity contribution is 9.09. The van der Waals surface area contributed by atoms with E-state index in [-0.39, 0.29) is 0 Å². The number of alkyl halides is 1. The van der Waals surface area contributed by atoms with E-state index in [1.165, 1.54) is 11.1 Å². The summed E-state index contributed by atoms with van der Waals surface area (Å²) in [6.45, 7) is 11.3. The van der Waals surface area contributed by atoms with Crippen molar-refractivity contribution in [3.8, 4) is 0 Å². The van der Waals surface area contributed by atoms with Crippen molar-refractivity contribution in [2.75, 3.05) is 0 Å². The van der Waals surface area contributed by atoms with E-state index in [2.05, 4.69) is 74.8 Å². The van der Waals surface area contributed by atoms with Gasteiger partial charge in [-0.25, -0.2) is 0 Å². The molecule has 0 saturated heterocycles. The first-order valence-corrected chi connectivity index (χ1v) is 6.44. The number of aryl methyl sites for hydroxylation is 1. The Morgan fingerprint density at radius 1 is 1.07 bits per heavy atom. The molecule has 0 bridgehead atoms. The van der Waals surface area contributed by atoms with Crippen LogP contribution in [0.1, 0.15) is 43.6 Å². The molecule has 0 aliphatic carbocycles. The van der Waals surface area contributed by atoms with Crippen LogP contribution in [0.5, 0.6) is 0 Å². The van der Waals surface area contributed by atoms with Crippen LogP contribution in [0.3, 0.4) is 0 Å². The van der Waals surface area contributed by atoms with E-state index in [1.807, 2.05) is 0 Å². The van der Waals surface area contributed by atoms with Gasteiger partial charge in [0.1, 0.15) is 0 Å². The summed E-state index contributed by atoms with van der Waals surface area (Å²) in [6.07, 6.45) is 0. The molecule has 2 unspecified atom stereocenters. The fraction of sp³-hybridized carbons (Fsp3) is 0.571. The van der Waals surface area contributed by atoms with Gasteiger partial charge in [0.25, 0.3) is 0 Å². The molecule has 0 radical (unpaired) electrons. The van der Waals surface area contributed by atoms with Crippen LogP contribution >= 0.6 is 15.9 Å². The molecule has 15 heavy (non-hydrogen) atoms. The molecule has 0 nitrogen and oxygen atoms in total. The van der Waals surface area contributed by atoms with Crippen LogP contribution in [0.15, 0.2) is 24.3 Å². The van der Waals surface area contributed by atoms with Crippen LogP contribution in [0.25, 0.3) is 0 Å². The van der Waals surface area contributed by atoms with E-state index in [4.69, 9.17) is 0 Å². The smallest absolute Gasteiger partial charge is 0.0425 e. The van der Waals surface area contributed by atoms with E-state index >= 15 is 0 Å². The Balaban J connectivity index is 2.85. The van der Waals surface area contributed by atoms with E-state index in [9.17, 15) is 0 Å². The molecule has 2 atom stereocenters. The Morgan fingerprint density at radius 2 is 1.53 bits per heavy atom. The molecule has 0 spiro atoms. The molecule has 1 rings (SSSR count). The summed E-state index contributed by atoms with van der Waals surface area (Å²) in [7, 11) is 0. The van der Waals surface area contributed by atoms with Gasteiger partial charge in [-0.1, -0.05) is 73.5 Å². The van der Waals surface area contributed by atoms with Gasteiger partial charge in [-0.3, -0.25) is 0 Å². The van der Waals surface area contributed by atoms with E-state index in [1.54, 1.807) is 0 Å². The normalized spacial score (nSPS) is 16.1. The van der Waals surface area contributed by atoms with Crippen LogP contribution in [0.2, 0.25) is 0 Å². The summed E-state index contributed by atoms with van der Waals surface area (Å²) in [5.41, 5.74) is 3.03. The maximum absolute atomic E-state index is 3.81. The van der Waals surface area contributed by atoms with Gasteiger partial charge in [0, 0.05) is 4.83 Å². The molecular formula is C14H21Br. The highest BCUT2D eigenvalue weighted by Crippen LogP contribution is 2.41. The third-order valence-corrected chi connectivity index (χ3v) is 4.52. The van der Waals surface area contributed by atoms with Crippen LogP contribution < -0.4 is 0 Å². The lowest BCUT2D eigenvalue weighted by atomic mass is 9.78. The molecule has 0 fully saturated rings. The highest BCUT2D eigenvalue weighted by atomic mass is 79.9.